The minimum absolute atomic E-state index is 0.109. The smallest absolute Gasteiger partial charge is 0.303 e. The minimum atomic E-state index is -0.803. The molecular formula is C29H26N4O4. The van der Waals surface area contributed by atoms with Crippen LogP contribution in [-0.4, -0.2) is 38.8 Å². The molecule has 3 N–H and O–H groups in total. The number of nitrogens with one attached hydrogen (secondary N) is 2. The van der Waals surface area contributed by atoms with E-state index in [2.05, 4.69) is 10.3 Å². The van der Waals surface area contributed by atoms with Gasteiger partial charge in [-0.15, -0.1) is 0 Å². The van der Waals surface area contributed by atoms with Gasteiger partial charge in [0.15, 0.2) is 0 Å². The van der Waals surface area contributed by atoms with Crippen molar-refractivity contribution >= 4 is 22.8 Å². The third-order valence-corrected chi connectivity index (χ3v) is 6.11. The zero-order valence-electron chi connectivity index (χ0n) is 20.3. The Morgan fingerprint density at radius 3 is 2.70 bits per heavy atom. The number of carboxylic acids is 1. The lowest BCUT2D eigenvalue weighted by Gasteiger charge is -2.12. The number of aliphatic carboxylic acids is 1. The molecule has 0 bridgehead atoms. The lowest BCUT2D eigenvalue weighted by atomic mass is 10.1. The maximum Gasteiger partial charge on any atom is 0.303 e. The van der Waals surface area contributed by atoms with Crippen LogP contribution in [0.1, 0.15) is 27.9 Å². The molecule has 0 radical (unpaired) electrons. The lowest BCUT2D eigenvalue weighted by molar-refractivity contribution is -0.136. The van der Waals surface area contributed by atoms with Gasteiger partial charge in [-0.2, -0.15) is 5.10 Å². The molecule has 37 heavy (non-hydrogen) atoms. The van der Waals surface area contributed by atoms with Gasteiger partial charge in [0.25, 0.3) is 5.91 Å². The van der Waals surface area contributed by atoms with Crippen molar-refractivity contribution in [2.75, 3.05) is 7.05 Å². The fraction of sp³-hybridized carbons (Fsp3) is 0.138. The van der Waals surface area contributed by atoms with Gasteiger partial charge in [-0.3, -0.25) is 14.3 Å². The summed E-state index contributed by atoms with van der Waals surface area (Å²) < 4.78 is 8.03. The molecule has 5 rings (SSSR count). The summed E-state index contributed by atoms with van der Waals surface area (Å²) >= 11 is 0. The molecule has 0 unspecified atom stereocenters. The molecular weight excluding hydrogens is 468 g/mol. The van der Waals surface area contributed by atoms with E-state index in [1.54, 1.807) is 19.3 Å². The van der Waals surface area contributed by atoms with Crippen molar-refractivity contribution in [2.45, 2.75) is 19.4 Å². The Morgan fingerprint density at radius 2 is 1.86 bits per heavy atom. The van der Waals surface area contributed by atoms with Crippen molar-refractivity contribution in [3.8, 4) is 22.8 Å². The molecule has 0 aliphatic heterocycles. The Hall–Kier alpha value is -4.85. The summed E-state index contributed by atoms with van der Waals surface area (Å²) in [5, 5.41) is 17.1. The van der Waals surface area contributed by atoms with Crippen molar-refractivity contribution in [3.63, 3.8) is 0 Å². The van der Waals surface area contributed by atoms with Crippen LogP contribution in [0.3, 0.4) is 0 Å². The third kappa shape index (κ3) is 5.38. The first-order valence-corrected chi connectivity index (χ1v) is 11.9. The lowest BCUT2D eigenvalue weighted by Crippen LogP contribution is -2.18. The number of hydrogen-bond donors (Lipinski definition) is 3. The Morgan fingerprint density at radius 1 is 1.03 bits per heavy atom. The second-order valence-electron chi connectivity index (χ2n) is 8.70. The van der Waals surface area contributed by atoms with Gasteiger partial charge in [0.2, 0.25) is 0 Å². The molecule has 3 aromatic carbocycles. The second-order valence-corrected chi connectivity index (χ2v) is 8.70. The van der Waals surface area contributed by atoms with Gasteiger partial charge in [0.05, 0.1) is 17.8 Å². The van der Waals surface area contributed by atoms with Crippen LogP contribution in [0.2, 0.25) is 0 Å². The largest absolute Gasteiger partial charge is 0.481 e. The van der Waals surface area contributed by atoms with Gasteiger partial charge >= 0.3 is 5.97 Å². The van der Waals surface area contributed by atoms with Gasteiger partial charge in [-0.05, 0) is 53.9 Å². The highest BCUT2D eigenvalue weighted by atomic mass is 16.5. The summed E-state index contributed by atoms with van der Waals surface area (Å²) in [6.07, 6.45) is 4.32. The van der Waals surface area contributed by atoms with Crippen LogP contribution in [0.4, 0.5) is 0 Å². The fourth-order valence-corrected chi connectivity index (χ4v) is 4.33. The maximum absolute atomic E-state index is 12.6. The number of carboxylic acid groups (broad SMARTS) is 1. The number of fused-ring (bicyclic) bond motifs is 1. The maximum atomic E-state index is 12.6. The number of nitrogens with zero attached hydrogens (tertiary/aromatic N) is 2. The number of ether oxygens (including phenoxy) is 1. The van der Waals surface area contributed by atoms with Gasteiger partial charge < -0.3 is 20.1 Å². The number of amides is 1. The zero-order valence-corrected chi connectivity index (χ0v) is 20.3. The normalized spacial score (nSPS) is 10.9. The van der Waals surface area contributed by atoms with E-state index in [1.807, 2.05) is 77.6 Å². The highest BCUT2D eigenvalue weighted by molar-refractivity contribution is 6.08. The van der Waals surface area contributed by atoms with Crippen LogP contribution >= 0.6 is 0 Å². The number of carbonyl (C=O) groups is 2. The van der Waals surface area contributed by atoms with E-state index in [-0.39, 0.29) is 12.3 Å². The fourth-order valence-electron chi connectivity index (χ4n) is 4.33. The van der Waals surface area contributed by atoms with Crippen LogP contribution in [0.5, 0.6) is 11.5 Å². The first-order chi connectivity index (χ1) is 18.0. The van der Waals surface area contributed by atoms with Crippen LogP contribution in [0, 0.1) is 0 Å². The molecule has 2 heterocycles. The van der Waals surface area contributed by atoms with E-state index < -0.39 is 5.97 Å². The van der Waals surface area contributed by atoms with Crippen LogP contribution in [-0.2, 0) is 17.8 Å². The second kappa shape index (κ2) is 10.4. The third-order valence-electron chi connectivity index (χ3n) is 6.11. The van der Waals surface area contributed by atoms with Crippen LogP contribution in [0.25, 0.3) is 22.2 Å². The summed E-state index contributed by atoms with van der Waals surface area (Å²) in [5.74, 6) is 0.0421. The zero-order chi connectivity index (χ0) is 25.8. The number of hydrogen-bond acceptors (Lipinski definition) is 4. The Kier molecular flexibility index (Phi) is 6.72. The minimum Gasteiger partial charge on any atom is -0.481 e. The topological polar surface area (TPSA) is 109 Å². The standard InChI is InChI=1S/C29H26N4O4/c1-30-29(36)28-23-12-14-31-25(23)9-10-26(28)37-22-7-3-6-21(17-22)24-13-15-33(32-24)18-20-5-2-4-19(16-20)8-11-27(34)35/h2-7,9-10,12-17,31H,8,11,18H2,1H3,(H,30,36)(H,34,35). The molecule has 1 amide bonds. The van der Waals surface area contributed by atoms with Gasteiger partial charge in [-0.1, -0.05) is 36.4 Å². The molecule has 2 aromatic heterocycles. The van der Waals surface area contributed by atoms with Crippen molar-refractivity contribution < 1.29 is 19.4 Å². The summed E-state index contributed by atoms with van der Waals surface area (Å²) in [6.45, 7) is 0.573. The van der Waals surface area contributed by atoms with Gasteiger partial charge in [-0.25, -0.2) is 0 Å². The Balaban J connectivity index is 1.35. The first-order valence-electron chi connectivity index (χ1n) is 11.9. The molecule has 0 aliphatic rings. The molecule has 0 spiro atoms. The molecule has 0 saturated heterocycles. The molecule has 8 heteroatoms. The van der Waals surface area contributed by atoms with Crippen LogP contribution < -0.4 is 10.1 Å². The summed E-state index contributed by atoms with van der Waals surface area (Å²) in [7, 11) is 1.60. The van der Waals surface area contributed by atoms with Crippen molar-refractivity contribution in [1.29, 1.82) is 0 Å². The average Bonchev–Trinajstić information content (AvgIpc) is 3.57. The summed E-state index contributed by atoms with van der Waals surface area (Å²) in [4.78, 5) is 26.6. The SMILES string of the molecule is CNC(=O)c1c(Oc2cccc(-c3ccn(Cc4cccc(CCC(=O)O)c4)n3)c2)ccc2[nH]ccc12. The molecule has 0 fully saturated rings. The summed E-state index contributed by atoms with van der Waals surface area (Å²) in [6, 6.07) is 23.0. The highest BCUT2D eigenvalue weighted by Gasteiger charge is 2.17. The number of aromatic amines is 1. The Bertz CT molecular complexity index is 1580. The van der Waals surface area contributed by atoms with Crippen molar-refractivity contribution in [3.05, 3.63) is 102 Å². The van der Waals surface area contributed by atoms with E-state index in [9.17, 15) is 9.59 Å². The number of aryl methyl sites for hydroxylation is 1. The van der Waals surface area contributed by atoms with E-state index in [4.69, 9.17) is 14.9 Å². The number of aromatic nitrogens is 3. The molecule has 186 valence electrons. The molecule has 0 aliphatic carbocycles. The number of rotatable bonds is 9. The number of carbonyl (C=O) groups excluding carboxylic acids is 1. The Labute approximate surface area is 213 Å². The van der Waals surface area contributed by atoms with Crippen molar-refractivity contribution in [2.24, 2.45) is 0 Å². The van der Waals surface area contributed by atoms with Gasteiger partial charge in [0.1, 0.15) is 11.5 Å². The molecule has 0 atom stereocenters. The number of benzene rings is 3. The predicted molar refractivity (Wildman–Crippen MR) is 141 cm³/mol. The predicted octanol–water partition coefficient (Wildman–Crippen LogP) is 5.25. The van der Waals surface area contributed by atoms with E-state index in [1.165, 1.54) is 0 Å². The van der Waals surface area contributed by atoms with Gasteiger partial charge in [0, 0.05) is 42.3 Å². The monoisotopic (exact) mass is 494 g/mol. The van der Waals surface area contributed by atoms with E-state index in [0.29, 0.717) is 30.0 Å². The average molecular weight is 495 g/mol. The molecule has 5 aromatic rings. The van der Waals surface area contributed by atoms with E-state index in [0.717, 1.165) is 33.3 Å². The highest BCUT2D eigenvalue weighted by Crippen LogP contribution is 2.33. The quantitative estimate of drug-likeness (QED) is 0.259. The van der Waals surface area contributed by atoms with Crippen molar-refractivity contribution in [1.82, 2.24) is 20.1 Å². The number of H-pyrrole nitrogens is 1. The van der Waals surface area contributed by atoms with E-state index >= 15 is 0 Å². The van der Waals surface area contributed by atoms with Crippen LogP contribution in [0.15, 0.2) is 85.2 Å². The molecule has 0 saturated carbocycles. The summed E-state index contributed by atoms with van der Waals surface area (Å²) in [5.41, 5.74) is 5.05. The molecule has 8 nitrogen and oxygen atoms in total. The first kappa shape index (κ1) is 23.9.